The average Bonchev–Trinajstić information content (AvgIpc) is 3.05. The number of aryl methyl sites for hydroxylation is 1. The van der Waals surface area contributed by atoms with Crippen molar-refractivity contribution in [3.8, 4) is 0 Å². The number of carbonyl (C=O) groups excluding carboxylic acids is 1. The Labute approximate surface area is 167 Å². The van der Waals surface area contributed by atoms with Crippen molar-refractivity contribution < 1.29 is 4.79 Å². The summed E-state index contributed by atoms with van der Waals surface area (Å²) in [6.07, 6.45) is 0. The van der Waals surface area contributed by atoms with E-state index in [2.05, 4.69) is 43.4 Å². The number of nitrogens with one attached hydrogen (secondary N) is 2. The van der Waals surface area contributed by atoms with Crippen LogP contribution in [-0.2, 0) is 4.79 Å². The smallest absolute Gasteiger partial charge is 0.234 e. The van der Waals surface area contributed by atoms with Gasteiger partial charge in [0, 0.05) is 14.9 Å². The molecule has 0 fully saturated rings. The molecule has 0 aliphatic heterocycles. The molecular weight excluding hydrogens is 467 g/mol. The molecule has 5 nitrogen and oxygen atoms in total. The summed E-state index contributed by atoms with van der Waals surface area (Å²) in [7, 11) is 0. The first-order valence-corrected chi connectivity index (χ1v) is 10.3. The van der Waals surface area contributed by atoms with Crippen LogP contribution in [0.3, 0.4) is 0 Å². The van der Waals surface area contributed by atoms with E-state index in [1.807, 2.05) is 55.5 Å². The highest BCUT2D eigenvalue weighted by molar-refractivity contribution is 14.1. The Morgan fingerprint density at radius 3 is 2.48 bits per heavy atom. The summed E-state index contributed by atoms with van der Waals surface area (Å²) < 4.78 is 1.89. The number of thioether (sulfide) groups is 1. The third kappa shape index (κ3) is 5.68. The normalized spacial score (nSPS) is 10.5. The van der Waals surface area contributed by atoms with Gasteiger partial charge in [-0.05, 0) is 65.9 Å². The van der Waals surface area contributed by atoms with Gasteiger partial charge in [-0.15, -0.1) is 10.2 Å². The van der Waals surface area contributed by atoms with Crippen molar-refractivity contribution in [2.75, 3.05) is 16.4 Å². The minimum absolute atomic E-state index is 0.0607. The van der Waals surface area contributed by atoms with Crippen molar-refractivity contribution in [3.63, 3.8) is 0 Å². The average molecular weight is 482 g/mol. The van der Waals surface area contributed by atoms with Crippen molar-refractivity contribution >= 4 is 68.1 Å². The first kappa shape index (κ1) is 18.2. The number of aromatic nitrogens is 2. The molecule has 0 saturated carbocycles. The summed E-state index contributed by atoms with van der Waals surface area (Å²) in [5.41, 5.74) is 2.97. The Morgan fingerprint density at radius 2 is 1.76 bits per heavy atom. The summed E-state index contributed by atoms with van der Waals surface area (Å²) in [6, 6.07) is 15.8. The van der Waals surface area contributed by atoms with Crippen LogP contribution in [0.4, 0.5) is 16.5 Å². The van der Waals surface area contributed by atoms with Gasteiger partial charge in [-0.25, -0.2) is 0 Å². The molecule has 8 heteroatoms. The number of anilines is 3. The van der Waals surface area contributed by atoms with Gasteiger partial charge in [-0.3, -0.25) is 4.79 Å². The Hall–Kier alpha value is -1.65. The maximum absolute atomic E-state index is 12.0. The lowest BCUT2D eigenvalue weighted by molar-refractivity contribution is -0.113. The summed E-state index contributed by atoms with van der Waals surface area (Å²) in [4.78, 5) is 12.0. The highest BCUT2D eigenvalue weighted by Gasteiger charge is 2.09. The summed E-state index contributed by atoms with van der Waals surface area (Å²) >= 11 is 5.04. The van der Waals surface area contributed by atoms with Gasteiger partial charge in [0.05, 0.1) is 5.75 Å². The van der Waals surface area contributed by atoms with E-state index in [1.165, 1.54) is 28.7 Å². The molecule has 0 radical (unpaired) electrons. The largest absolute Gasteiger partial charge is 0.330 e. The Kier molecular flexibility index (Phi) is 6.27. The van der Waals surface area contributed by atoms with Gasteiger partial charge in [0.25, 0.3) is 0 Å². The fourth-order valence-electron chi connectivity index (χ4n) is 1.94. The summed E-state index contributed by atoms with van der Waals surface area (Å²) in [6.45, 7) is 2.05. The molecule has 3 aromatic rings. The molecule has 0 atom stereocenters. The van der Waals surface area contributed by atoms with Crippen molar-refractivity contribution in [1.82, 2.24) is 10.2 Å². The summed E-state index contributed by atoms with van der Waals surface area (Å²) in [5.74, 6) is 0.236. The van der Waals surface area contributed by atoms with Crippen LogP contribution in [0, 0.1) is 10.5 Å². The maximum atomic E-state index is 12.0. The van der Waals surface area contributed by atoms with Gasteiger partial charge < -0.3 is 10.6 Å². The Bertz CT molecular complexity index is 850. The van der Waals surface area contributed by atoms with Crippen LogP contribution >= 0.6 is 45.7 Å². The van der Waals surface area contributed by atoms with E-state index in [9.17, 15) is 4.79 Å². The number of benzene rings is 2. The fraction of sp³-hybridized carbons (Fsp3) is 0.118. The first-order chi connectivity index (χ1) is 12.1. The predicted molar refractivity (Wildman–Crippen MR) is 113 cm³/mol. The molecule has 0 aliphatic carbocycles. The standard InChI is InChI=1S/C17H15IN4OS2/c1-11-2-6-14(7-3-11)20-16-21-22-17(25-16)24-10-15(23)19-13-8-4-12(18)5-9-13/h2-9H,10H2,1H3,(H,19,23)(H,20,21). The van der Waals surface area contributed by atoms with E-state index in [0.29, 0.717) is 10.9 Å². The number of nitrogens with zero attached hydrogens (tertiary/aromatic N) is 2. The third-order valence-electron chi connectivity index (χ3n) is 3.16. The Balaban J connectivity index is 1.50. The van der Waals surface area contributed by atoms with Crippen LogP contribution in [0.15, 0.2) is 52.9 Å². The lowest BCUT2D eigenvalue weighted by atomic mass is 10.2. The van der Waals surface area contributed by atoms with Crippen molar-refractivity contribution in [3.05, 3.63) is 57.7 Å². The quantitative estimate of drug-likeness (QED) is 0.386. The number of rotatable bonds is 6. The maximum Gasteiger partial charge on any atom is 0.234 e. The molecule has 128 valence electrons. The molecule has 0 saturated heterocycles. The molecule has 0 unspecified atom stereocenters. The van der Waals surface area contributed by atoms with E-state index in [1.54, 1.807) is 0 Å². The van der Waals surface area contributed by atoms with Crippen molar-refractivity contribution in [1.29, 1.82) is 0 Å². The molecule has 25 heavy (non-hydrogen) atoms. The van der Waals surface area contributed by atoms with Crippen LogP contribution in [0.25, 0.3) is 0 Å². The van der Waals surface area contributed by atoms with E-state index < -0.39 is 0 Å². The van der Waals surface area contributed by atoms with Crippen LogP contribution < -0.4 is 10.6 Å². The summed E-state index contributed by atoms with van der Waals surface area (Å²) in [5, 5.41) is 15.0. The lowest BCUT2D eigenvalue weighted by Crippen LogP contribution is -2.13. The van der Waals surface area contributed by atoms with Crippen LogP contribution in [-0.4, -0.2) is 21.9 Å². The monoisotopic (exact) mass is 482 g/mol. The number of halogens is 1. The van der Waals surface area contributed by atoms with Crippen LogP contribution in [0.5, 0.6) is 0 Å². The molecule has 1 aromatic heterocycles. The van der Waals surface area contributed by atoms with Gasteiger partial charge in [-0.2, -0.15) is 0 Å². The van der Waals surface area contributed by atoms with E-state index >= 15 is 0 Å². The van der Waals surface area contributed by atoms with Gasteiger partial charge in [-0.1, -0.05) is 40.8 Å². The molecule has 1 amide bonds. The van der Waals surface area contributed by atoms with Crippen LogP contribution in [0.1, 0.15) is 5.56 Å². The number of hydrogen-bond acceptors (Lipinski definition) is 6. The van der Waals surface area contributed by atoms with Crippen LogP contribution in [0.2, 0.25) is 0 Å². The number of amides is 1. The van der Waals surface area contributed by atoms with E-state index in [4.69, 9.17) is 0 Å². The highest BCUT2D eigenvalue weighted by Crippen LogP contribution is 2.27. The third-order valence-corrected chi connectivity index (χ3v) is 5.86. The molecule has 0 bridgehead atoms. The van der Waals surface area contributed by atoms with E-state index in [-0.39, 0.29) is 5.91 Å². The molecule has 3 rings (SSSR count). The number of carbonyl (C=O) groups is 1. The molecular formula is C17H15IN4OS2. The zero-order valence-electron chi connectivity index (χ0n) is 13.3. The first-order valence-electron chi connectivity index (χ1n) is 7.44. The van der Waals surface area contributed by atoms with Crippen molar-refractivity contribution in [2.24, 2.45) is 0 Å². The minimum Gasteiger partial charge on any atom is -0.330 e. The molecule has 2 aromatic carbocycles. The molecule has 1 heterocycles. The topological polar surface area (TPSA) is 66.9 Å². The predicted octanol–water partition coefficient (Wildman–Crippen LogP) is 4.93. The van der Waals surface area contributed by atoms with Gasteiger partial charge in [0.1, 0.15) is 0 Å². The van der Waals surface area contributed by atoms with E-state index in [0.717, 1.165) is 19.3 Å². The molecule has 0 spiro atoms. The number of hydrogen-bond donors (Lipinski definition) is 2. The SMILES string of the molecule is Cc1ccc(Nc2nnc(SCC(=O)Nc3ccc(I)cc3)s2)cc1. The second-order valence-electron chi connectivity index (χ2n) is 5.21. The molecule has 0 aliphatic rings. The van der Waals surface area contributed by atoms with Gasteiger partial charge >= 0.3 is 0 Å². The highest BCUT2D eigenvalue weighted by atomic mass is 127. The second-order valence-corrected chi connectivity index (χ2v) is 8.65. The zero-order chi connectivity index (χ0) is 17.6. The molecule has 2 N–H and O–H groups in total. The second kappa shape index (κ2) is 8.63. The Morgan fingerprint density at radius 1 is 1.08 bits per heavy atom. The van der Waals surface area contributed by atoms with Gasteiger partial charge in [0.15, 0.2) is 4.34 Å². The zero-order valence-corrected chi connectivity index (χ0v) is 17.1. The fourth-order valence-corrected chi connectivity index (χ4v) is 3.87. The lowest BCUT2D eigenvalue weighted by Gasteiger charge is -2.04. The van der Waals surface area contributed by atoms with Crippen molar-refractivity contribution in [2.45, 2.75) is 11.3 Å². The minimum atomic E-state index is -0.0607. The van der Waals surface area contributed by atoms with Gasteiger partial charge in [0.2, 0.25) is 11.0 Å².